The van der Waals surface area contributed by atoms with Crippen LogP contribution >= 0.6 is 11.6 Å². The molecule has 20 heavy (non-hydrogen) atoms. The van der Waals surface area contributed by atoms with Gasteiger partial charge in [0.15, 0.2) is 0 Å². The number of hydrogen-bond donors (Lipinski definition) is 1. The van der Waals surface area contributed by atoms with Crippen LogP contribution in [0.1, 0.15) is 38.5 Å². The minimum Gasteiger partial charge on any atom is -0.337 e. The number of nitrogens with zero attached hydrogens (tertiary/aromatic N) is 2. The van der Waals surface area contributed by atoms with Gasteiger partial charge in [0.25, 0.3) is 0 Å². The molecule has 1 aromatic carbocycles. The van der Waals surface area contributed by atoms with E-state index >= 15 is 0 Å². The maximum atomic E-state index is 6.47. The molecule has 0 aliphatic heterocycles. The van der Waals surface area contributed by atoms with E-state index in [1.54, 1.807) is 0 Å². The first-order chi connectivity index (χ1) is 9.57. The highest BCUT2D eigenvalue weighted by atomic mass is 35.5. The van der Waals surface area contributed by atoms with E-state index in [9.17, 15) is 0 Å². The Balaban J connectivity index is 1.90. The van der Waals surface area contributed by atoms with Crippen LogP contribution in [0.4, 0.5) is 0 Å². The van der Waals surface area contributed by atoms with Gasteiger partial charge in [0.05, 0.1) is 5.54 Å². The normalized spacial score (nSPS) is 26.6. The van der Waals surface area contributed by atoms with Crippen molar-refractivity contribution in [1.82, 2.24) is 10.1 Å². The molecule has 0 amide bonds. The highest BCUT2D eigenvalue weighted by molar-refractivity contribution is 6.30. The number of benzene rings is 1. The summed E-state index contributed by atoms with van der Waals surface area (Å²) in [5.41, 5.74) is 6.83. The number of halogens is 1. The molecule has 1 aliphatic rings. The molecule has 2 unspecified atom stereocenters. The van der Waals surface area contributed by atoms with Gasteiger partial charge < -0.3 is 10.3 Å². The Morgan fingerprint density at radius 3 is 3.05 bits per heavy atom. The van der Waals surface area contributed by atoms with Gasteiger partial charge in [0, 0.05) is 10.6 Å². The summed E-state index contributed by atoms with van der Waals surface area (Å²) in [6.45, 7) is 2.22. The van der Waals surface area contributed by atoms with Crippen molar-refractivity contribution in [2.45, 2.75) is 38.1 Å². The van der Waals surface area contributed by atoms with E-state index in [1.807, 2.05) is 24.3 Å². The van der Waals surface area contributed by atoms with E-state index in [2.05, 4.69) is 17.1 Å². The monoisotopic (exact) mass is 291 g/mol. The van der Waals surface area contributed by atoms with Crippen molar-refractivity contribution in [2.24, 2.45) is 11.7 Å². The Bertz CT molecular complexity index is 613. The second kappa shape index (κ2) is 5.19. The van der Waals surface area contributed by atoms with Crippen molar-refractivity contribution in [3.63, 3.8) is 0 Å². The molecule has 0 bridgehead atoms. The van der Waals surface area contributed by atoms with Gasteiger partial charge in [-0.2, -0.15) is 4.98 Å². The van der Waals surface area contributed by atoms with Crippen molar-refractivity contribution in [3.05, 3.63) is 35.2 Å². The molecule has 1 saturated carbocycles. The van der Waals surface area contributed by atoms with Gasteiger partial charge >= 0.3 is 0 Å². The SMILES string of the molecule is CC1CCCC(N)(c2nc(-c3cccc(Cl)c3)no2)C1. The first kappa shape index (κ1) is 13.6. The van der Waals surface area contributed by atoms with E-state index < -0.39 is 5.54 Å². The van der Waals surface area contributed by atoms with Crippen LogP contribution in [0.2, 0.25) is 5.02 Å². The minimum absolute atomic E-state index is 0.485. The topological polar surface area (TPSA) is 64.9 Å². The molecular weight excluding hydrogens is 274 g/mol. The Labute approximate surface area is 123 Å². The predicted molar refractivity (Wildman–Crippen MR) is 78.2 cm³/mol. The quantitative estimate of drug-likeness (QED) is 0.915. The molecule has 0 radical (unpaired) electrons. The van der Waals surface area contributed by atoms with Gasteiger partial charge in [-0.3, -0.25) is 0 Å². The summed E-state index contributed by atoms with van der Waals surface area (Å²) in [6.07, 6.45) is 4.11. The summed E-state index contributed by atoms with van der Waals surface area (Å²) in [4.78, 5) is 4.49. The van der Waals surface area contributed by atoms with E-state index in [0.717, 1.165) is 24.8 Å². The van der Waals surface area contributed by atoms with Crippen LogP contribution in [-0.4, -0.2) is 10.1 Å². The number of aromatic nitrogens is 2. The van der Waals surface area contributed by atoms with Crippen molar-refractivity contribution >= 4 is 11.6 Å². The smallest absolute Gasteiger partial charge is 0.247 e. The second-order valence-electron chi connectivity index (χ2n) is 5.79. The zero-order valence-corrected chi connectivity index (χ0v) is 12.2. The summed E-state index contributed by atoms with van der Waals surface area (Å²) in [5, 5.41) is 4.70. The third-order valence-electron chi connectivity index (χ3n) is 3.97. The Morgan fingerprint density at radius 1 is 1.45 bits per heavy atom. The summed E-state index contributed by atoms with van der Waals surface area (Å²) >= 11 is 5.99. The molecule has 2 aromatic rings. The first-order valence-electron chi connectivity index (χ1n) is 6.96. The lowest BCUT2D eigenvalue weighted by molar-refractivity contribution is 0.183. The van der Waals surface area contributed by atoms with Gasteiger partial charge in [-0.1, -0.05) is 48.7 Å². The van der Waals surface area contributed by atoms with Gasteiger partial charge in [-0.05, 0) is 30.9 Å². The van der Waals surface area contributed by atoms with Crippen LogP contribution in [0.25, 0.3) is 11.4 Å². The molecule has 1 fully saturated rings. The van der Waals surface area contributed by atoms with Gasteiger partial charge in [0.2, 0.25) is 11.7 Å². The van der Waals surface area contributed by atoms with E-state index in [1.165, 1.54) is 6.42 Å². The fourth-order valence-corrected chi connectivity index (χ4v) is 3.15. The fourth-order valence-electron chi connectivity index (χ4n) is 2.96. The van der Waals surface area contributed by atoms with Crippen LogP contribution in [0.15, 0.2) is 28.8 Å². The van der Waals surface area contributed by atoms with Crippen LogP contribution in [-0.2, 0) is 5.54 Å². The summed E-state index contributed by atoms with van der Waals surface area (Å²) in [6, 6.07) is 7.42. The largest absolute Gasteiger partial charge is 0.337 e. The zero-order chi connectivity index (χ0) is 14.2. The van der Waals surface area contributed by atoms with Gasteiger partial charge in [-0.25, -0.2) is 0 Å². The molecule has 4 nitrogen and oxygen atoms in total. The highest BCUT2D eigenvalue weighted by Crippen LogP contribution is 2.37. The maximum Gasteiger partial charge on any atom is 0.247 e. The average Bonchev–Trinajstić information content (AvgIpc) is 2.88. The standard InChI is InChI=1S/C15H18ClN3O/c1-10-4-3-7-15(17,9-10)14-18-13(19-20-14)11-5-2-6-12(16)8-11/h2,5-6,8,10H,3-4,7,9,17H2,1H3. The number of hydrogen-bond acceptors (Lipinski definition) is 4. The van der Waals surface area contributed by atoms with E-state index in [-0.39, 0.29) is 0 Å². The van der Waals surface area contributed by atoms with Crippen LogP contribution in [0, 0.1) is 5.92 Å². The maximum absolute atomic E-state index is 6.47. The lowest BCUT2D eigenvalue weighted by Gasteiger charge is -2.33. The molecule has 1 heterocycles. The predicted octanol–water partition coefficient (Wildman–Crippen LogP) is 3.75. The first-order valence-corrected chi connectivity index (χ1v) is 7.34. The van der Waals surface area contributed by atoms with Crippen molar-refractivity contribution in [1.29, 1.82) is 0 Å². The fraction of sp³-hybridized carbons (Fsp3) is 0.467. The van der Waals surface area contributed by atoms with Gasteiger partial charge in [0.1, 0.15) is 0 Å². The molecule has 0 saturated heterocycles. The second-order valence-corrected chi connectivity index (χ2v) is 6.23. The number of nitrogens with two attached hydrogens (primary N) is 1. The third kappa shape index (κ3) is 2.58. The molecule has 0 spiro atoms. The molecule has 2 N–H and O–H groups in total. The lowest BCUT2D eigenvalue weighted by atomic mass is 9.77. The van der Waals surface area contributed by atoms with Gasteiger partial charge in [-0.15, -0.1) is 0 Å². The molecule has 106 valence electrons. The summed E-state index contributed by atoms with van der Waals surface area (Å²) < 4.78 is 5.42. The number of rotatable bonds is 2. The van der Waals surface area contributed by atoms with E-state index in [4.69, 9.17) is 21.9 Å². The van der Waals surface area contributed by atoms with Crippen LogP contribution < -0.4 is 5.73 Å². The Kier molecular flexibility index (Phi) is 3.52. The third-order valence-corrected chi connectivity index (χ3v) is 4.20. The van der Waals surface area contributed by atoms with Crippen molar-refractivity contribution in [3.8, 4) is 11.4 Å². The Hall–Kier alpha value is -1.39. The van der Waals surface area contributed by atoms with E-state index in [0.29, 0.717) is 22.7 Å². The minimum atomic E-state index is -0.485. The molecular formula is C15H18ClN3O. The molecule has 5 heteroatoms. The molecule has 2 atom stereocenters. The highest BCUT2D eigenvalue weighted by Gasteiger charge is 2.37. The molecule has 1 aliphatic carbocycles. The zero-order valence-electron chi connectivity index (χ0n) is 11.5. The molecule has 3 rings (SSSR count). The van der Waals surface area contributed by atoms with Crippen molar-refractivity contribution in [2.75, 3.05) is 0 Å². The summed E-state index contributed by atoms with van der Waals surface area (Å²) in [5.74, 6) is 1.68. The Morgan fingerprint density at radius 2 is 2.30 bits per heavy atom. The average molecular weight is 292 g/mol. The lowest BCUT2D eigenvalue weighted by Crippen LogP contribution is -2.41. The van der Waals surface area contributed by atoms with Crippen LogP contribution in [0.5, 0.6) is 0 Å². The molecule has 1 aromatic heterocycles. The van der Waals surface area contributed by atoms with Crippen LogP contribution in [0.3, 0.4) is 0 Å². The summed E-state index contributed by atoms with van der Waals surface area (Å²) in [7, 11) is 0. The van der Waals surface area contributed by atoms with Crippen molar-refractivity contribution < 1.29 is 4.52 Å².